The van der Waals surface area contributed by atoms with Crippen LogP contribution in [0.4, 0.5) is 0 Å². The Kier molecular flexibility index (Phi) is 2.71. The molecule has 0 aliphatic carbocycles. The molecule has 0 saturated carbocycles. The van der Waals surface area contributed by atoms with Crippen LogP contribution in [-0.4, -0.2) is 5.78 Å². The van der Waals surface area contributed by atoms with Crippen molar-refractivity contribution in [3.63, 3.8) is 0 Å². The Morgan fingerprint density at radius 1 is 1.05 bits per heavy atom. The van der Waals surface area contributed by atoms with Crippen LogP contribution in [0, 0.1) is 6.92 Å². The van der Waals surface area contributed by atoms with Gasteiger partial charge >= 0.3 is 0 Å². The van der Waals surface area contributed by atoms with E-state index in [9.17, 15) is 4.79 Å². The molecule has 0 bridgehead atoms. The second kappa shape index (κ2) is 4.39. The van der Waals surface area contributed by atoms with E-state index in [-0.39, 0.29) is 5.78 Å². The number of hydrogen-bond donors (Lipinski definition) is 0. The third kappa shape index (κ3) is 1.95. The summed E-state index contributed by atoms with van der Waals surface area (Å²) in [4.78, 5) is 12.0. The van der Waals surface area contributed by atoms with Gasteiger partial charge in [-0.1, -0.05) is 42.0 Å². The molecule has 0 radical (unpaired) electrons. The van der Waals surface area contributed by atoms with Gasteiger partial charge in [0.2, 0.25) is 0 Å². The number of Topliss-reactive ketones (excluding diaryl/α,β-unsaturated/α-hetero) is 1. The van der Waals surface area contributed by atoms with E-state index in [4.69, 9.17) is 4.42 Å². The molecule has 2 nitrogen and oxygen atoms in total. The molecule has 2 heteroatoms. The molecule has 0 fully saturated rings. The Hall–Kier alpha value is -2.35. The summed E-state index contributed by atoms with van der Waals surface area (Å²) in [6.45, 7) is 3.59. The molecule has 0 amide bonds. The SMILES string of the molecule is CC(=O)c1c(-c2ccccc2)oc2ccc(C)cc12. The molecule has 1 aromatic heterocycles. The van der Waals surface area contributed by atoms with Crippen molar-refractivity contribution in [1.82, 2.24) is 0 Å². The molecular weight excluding hydrogens is 236 g/mol. The molecule has 3 rings (SSSR count). The van der Waals surface area contributed by atoms with Crippen LogP contribution in [0.3, 0.4) is 0 Å². The zero-order valence-corrected chi connectivity index (χ0v) is 10.9. The lowest BCUT2D eigenvalue weighted by atomic mass is 10.0. The van der Waals surface area contributed by atoms with E-state index in [2.05, 4.69) is 0 Å². The molecular formula is C17H14O2. The summed E-state index contributed by atoms with van der Waals surface area (Å²) < 4.78 is 5.88. The van der Waals surface area contributed by atoms with Gasteiger partial charge in [0.1, 0.15) is 11.3 Å². The molecule has 0 unspecified atom stereocenters. The summed E-state index contributed by atoms with van der Waals surface area (Å²) in [7, 11) is 0. The Bertz CT molecular complexity index is 752. The van der Waals surface area contributed by atoms with E-state index >= 15 is 0 Å². The molecule has 1 heterocycles. The van der Waals surface area contributed by atoms with Crippen LogP contribution in [0.2, 0.25) is 0 Å². The van der Waals surface area contributed by atoms with Crippen molar-refractivity contribution in [2.45, 2.75) is 13.8 Å². The van der Waals surface area contributed by atoms with E-state index in [0.717, 1.165) is 22.1 Å². The van der Waals surface area contributed by atoms with E-state index in [1.54, 1.807) is 6.92 Å². The fourth-order valence-electron chi connectivity index (χ4n) is 2.35. The van der Waals surface area contributed by atoms with Crippen LogP contribution in [0.15, 0.2) is 52.9 Å². The molecule has 3 aromatic rings. The third-order valence-electron chi connectivity index (χ3n) is 3.23. The van der Waals surface area contributed by atoms with Gasteiger partial charge in [-0.2, -0.15) is 0 Å². The minimum atomic E-state index is 0.0307. The smallest absolute Gasteiger partial charge is 0.164 e. The van der Waals surface area contributed by atoms with E-state index in [1.807, 2.05) is 55.5 Å². The van der Waals surface area contributed by atoms with Crippen LogP contribution >= 0.6 is 0 Å². The molecule has 0 N–H and O–H groups in total. The van der Waals surface area contributed by atoms with Crippen LogP contribution in [0.5, 0.6) is 0 Å². The van der Waals surface area contributed by atoms with Crippen LogP contribution in [0.25, 0.3) is 22.3 Å². The van der Waals surface area contributed by atoms with Gasteiger partial charge in [-0.3, -0.25) is 4.79 Å². The lowest BCUT2D eigenvalue weighted by Gasteiger charge is -1.99. The van der Waals surface area contributed by atoms with Crippen molar-refractivity contribution < 1.29 is 9.21 Å². The first kappa shape index (κ1) is 11.7. The number of aryl methyl sites for hydroxylation is 1. The number of hydrogen-bond acceptors (Lipinski definition) is 2. The Morgan fingerprint density at radius 3 is 2.47 bits per heavy atom. The van der Waals surface area contributed by atoms with Crippen molar-refractivity contribution in [3.8, 4) is 11.3 Å². The van der Waals surface area contributed by atoms with Gasteiger partial charge in [0.25, 0.3) is 0 Å². The van der Waals surface area contributed by atoms with E-state index < -0.39 is 0 Å². The highest BCUT2D eigenvalue weighted by atomic mass is 16.3. The molecule has 94 valence electrons. The Morgan fingerprint density at radius 2 is 1.79 bits per heavy atom. The maximum atomic E-state index is 12.0. The summed E-state index contributed by atoms with van der Waals surface area (Å²) in [5.74, 6) is 0.692. The van der Waals surface area contributed by atoms with Crippen molar-refractivity contribution in [2.75, 3.05) is 0 Å². The molecule has 19 heavy (non-hydrogen) atoms. The molecule has 2 aromatic carbocycles. The molecule has 0 saturated heterocycles. The fourth-order valence-corrected chi connectivity index (χ4v) is 2.35. The highest BCUT2D eigenvalue weighted by Crippen LogP contribution is 2.34. The second-order valence-electron chi connectivity index (χ2n) is 4.73. The first-order chi connectivity index (χ1) is 9.16. The van der Waals surface area contributed by atoms with Crippen LogP contribution < -0.4 is 0 Å². The topological polar surface area (TPSA) is 30.2 Å². The average Bonchev–Trinajstić information content (AvgIpc) is 2.78. The van der Waals surface area contributed by atoms with Gasteiger partial charge in [-0.05, 0) is 26.0 Å². The first-order valence-corrected chi connectivity index (χ1v) is 6.26. The van der Waals surface area contributed by atoms with Crippen LogP contribution in [-0.2, 0) is 0 Å². The van der Waals surface area contributed by atoms with Crippen LogP contribution in [0.1, 0.15) is 22.8 Å². The predicted molar refractivity (Wildman–Crippen MR) is 76.4 cm³/mol. The zero-order valence-electron chi connectivity index (χ0n) is 10.9. The largest absolute Gasteiger partial charge is 0.455 e. The number of furan rings is 1. The number of rotatable bonds is 2. The van der Waals surface area contributed by atoms with Gasteiger partial charge in [-0.25, -0.2) is 0 Å². The number of fused-ring (bicyclic) bond motifs is 1. The van der Waals surface area contributed by atoms with Gasteiger partial charge in [0, 0.05) is 10.9 Å². The normalized spacial score (nSPS) is 10.8. The van der Waals surface area contributed by atoms with Gasteiger partial charge in [0.15, 0.2) is 5.78 Å². The summed E-state index contributed by atoms with van der Waals surface area (Å²) in [6, 6.07) is 15.7. The van der Waals surface area contributed by atoms with Gasteiger partial charge in [0.05, 0.1) is 5.56 Å². The Labute approximate surface area is 111 Å². The highest BCUT2D eigenvalue weighted by Gasteiger charge is 2.18. The average molecular weight is 250 g/mol. The van der Waals surface area contributed by atoms with Gasteiger partial charge < -0.3 is 4.42 Å². The van der Waals surface area contributed by atoms with Crippen molar-refractivity contribution in [3.05, 3.63) is 59.7 Å². The number of carbonyl (C=O) groups excluding carboxylic acids is 1. The van der Waals surface area contributed by atoms with E-state index in [0.29, 0.717) is 11.3 Å². The molecule has 0 aliphatic rings. The summed E-state index contributed by atoms with van der Waals surface area (Å²) in [5.41, 5.74) is 3.48. The zero-order chi connectivity index (χ0) is 13.4. The van der Waals surface area contributed by atoms with E-state index in [1.165, 1.54) is 0 Å². The quantitative estimate of drug-likeness (QED) is 0.622. The lowest BCUT2D eigenvalue weighted by molar-refractivity contribution is 0.101. The summed E-state index contributed by atoms with van der Waals surface area (Å²) in [5, 5.41) is 0.895. The monoisotopic (exact) mass is 250 g/mol. The number of ketones is 1. The molecule has 0 aliphatic heterocycles. The Balaban J connectivity index is 2.36. The fraction of sp³-hybridized carbons (Fsp3) is 0.118. The number of benzene rings is 2. The summed E-state index contributed by atoms with van der Waals surface area (Å²) in [6.07, 6.45) is 0. The predicted octanol–water partition coefficient (Wildman–Crippen LogP) is 4.61. The summed E-state index contributed by atoms with van der Waals surface area (Å²) >= 11 is 0. The first-order valence-electron chi connectivity index (χ1n) is 6.26. The molecule has 0 atom stereocenters. The minimum Gasteiger partial charge on any atom is -0.455 e. The number of carbonyl (C=O) groups is 1. The highest BCUT2D eigenvalue weighted by molar-refractivity contribution is 6.11. The molecule has 0 spiro atoms. The van der Waals surface area contributed by atoms with Gasteiger partial charge in [-0.15, -0.1) is 0 Å². The van der Waals surface area contributed by atoms with Crippen molar-refractivity contribution >= 4 is 16.8 Å². The maximum absolute atomic E-state index is 12.0. The third-order valence-corrected chi connectivity index (χ3v) is 3.23. The second-order valence-corrected chi connectivity index (χ2v) is 4.73. The lowest BCUT2D eigenvalue weighted by Crippen LogP contribution is -1.93. The minimum absolute atomic E-state index is 0.0307. The van der Waals surface area contributed by atoms with Crippen molar-refractivity contribution in [2.24, 2.45) is 0 Å². The maximum Gasteiger partial charge on any atom is 0.164 e. The van der Waals surface area contributed by atoms with Crippen molar-refractivity contribution in [1.29, 1.82) is 0 Å². The standard InChI is InChI=1S/C17H14O2/c1-11-8-9-15-14(10-11)16(12(2)18)17(19-15)13-6-4-3-5-7-13/h3-10H,1-2H3.